The highest BCUT2D eigenvalue weighted by Gasteiger charge is 2.16. The Labute approximate surface area is 108 Å². The lowest BCUT2D eigenvalue weighted by atomic mass is 10.2. The second-order valence-electron chi connectivity index (χ2n) is 3.83. The van der Waals surface area contributed by atoms with Gasteiger partial charge in [0, 0.05) is 11.8 Å². The lowest BCUT2D eigenvalue weighted by molar-refractivity contribution is -0.146. The summed E-state index contributed by atoms with van der Waals surface area (Å²) in [5.74, 6) is -1.04. The van der Waals surface area contributed by atoms with Gasteiger partial charge in [-0.15, -0.1) is 0 Å². The Bertz CT molecular complexity index is 546. The van der Waals surface area contributed by atoms with Gasteiger partial charge in [0.15, 0.2) is 0 Å². The highest BCUT2D eigenvalue weighted by Crippen LogP contribution is 1.92. The molecule has 8 heteroatoms. The van der Waals surface area contributed by atoms with Crippen molar-refractivity contribution in [3.63, 3.8) is 0 Å². The molecule has 1 aromatic heterocycles. The molecule has 0 saturated heterocycles. The van der Waals surface area contributed by atoms with E-state index < -0.39 is 29.2 Å². The van der Waals surface area contributed by atoms with Crippen LogP contribution in [-0.2, 0) is 20.7 Å². The molecule has 1 atom stereocenters. The van der Waals surface area contributed by atoms with Crippen molar-refractivity contribution >= 4 is 11.9 Å². The number of amides is 1. The van der Waals surface area contributed by atoms with Crippen molar-refractivity contribution in [1.82, 2.24) is 15.3 Å². The van der Waals surface area contributed by atoms with Crippen molar-refractivity contribution in [1.29, 1.82) is 0 Å². The molecular formula is C11H15N3O5. The van der Waals surface area contributed by atoms with Gasteiger partial charge in [-0.05, 0) is 13.8 Å². The highest BCUT2D eigenvalue weighted by molar-refractivity contribution is 5.85. The monoisotopic (exact) mass is 269 g/mol. The first kappa shape index (κ1) is 14.7. The standard InChI is InChI=1S/C11H15N3O5/c1-3-19-10(17)6(2)12-8(15)4-7-5-9(16)14-11(18)13-7/h5-6H,3-4H2,1-2H3,(H,12,15)(H2,13,14,16,18). The number of ether oxygens (including phenoxy) is 1. The molecule has 104 valence electrons. The van der Waals surface area contributed by atoms with Crippen LogP contribution in [-0.4, -0.2) is 34.5 Å². The zero-order chi connectivity index (χ0) is 14.4. The molecule has 0 saturated carbocycles. The summed E-state index contributed by atoms with van der Waals surface area (Å²) in [5, 5.41) is 2.40. The third-order valence-corrected chi connectivity index (χ3v) is 2.18. The molecule has 1 rings (SSSR count). The fourth-order valence-corrected chi connectivity index (χ4v) is 1.41. The van der Waals surface area contributed by atoms with Crippen molar-refractivity contribution in [3.05, 3.63) is 32.6 Å². The first-order chi connectivity index (χ1) is 8.92. The SMILES string of the molecule is CCOC(=O)C(C)NC(=O)Cc1cc(=O)[nH]c(=O)[nH]1. The first-order valence-electron chi connectivity index (χ1n) is 5.71. The summed E-state index contributed by atoms with van der Waals surface area (Å²) in [6, 6.07) is 0.317. The normalized spacial score (nSPS) is 11.7. The molecule has 8 nitrogen and oxygen atoms in total. The van der Waals surface area contributed by atoms with Crippen molar-refractivity contribution in [3.8, 4) is 0 Å². The van der Waals surface area contributed by atoms with Crippen LogP contribution in [0.3, 0.4) is 0 Å². The zero-order valence-corrected chi connectivity index (χ0v) is 10.6. The predicted octanol–water partition coefficient (Wildman–Crippen LogP) is -1.33. The molecule has 3 N–H and O–H groups in total. The maximum atomic E-state index is 11.6. The summed E-state index contributed by atoms with van der Waals surface area (Å²) in [4.78, 5) is 49.2. The van der Waals surface area contributed by atoms with E-state index in [1.807, 2.05) is 4.98 Å². The molecule has 1 amide bonds. The van der Waals surface area contributed by atoms with E-state index in [9.17, 15) is 19.2 Å². The van der Waals surface area contributed by atoms with Crippen molar-refractivity contribution in [2.75, 3.05) is 6.61 Å². The molecule has 0 aliphatic rings. The first-order valence-corrected chi connectivity index (χ1v) is 5.71. The van der Waals surface area contributed by atoms with E-state index in [1.54, 1.807) is 6.92 Å². The summed E-state index contributed by atoms with van der Waals surface area (Å²) in [7, 11) is 0. The van der Waals surface area contributed by atoms with E-state index in [0.29, 0.717) is 0 Å². The van der Waals surface area contributed by atoms with Gasteiger partial charge in [0.25, 0.3) is 5.56 Å². The molecule has 19 heavy (non-hydrogen) atoms. The number of hydrogen-bond acceptors (Lipinski definition) is 5. The average molecular weight is 269 g/mol. The lowest BCUT2D eigenvalue weighted by Crippen LogP contribution is -2.40. The van der Waals surface area contributed by atoms with Crippen molar-refractivity contribution in [2.24, 2.45) is 0 Å². The Balaban J connectivity index is 2.62. The Kier molecular flexibility index (Phi) is 5.04. The smallest absolute Gasteiger partial charge is 0.328 e. The number of rotatable bonds is 5. The van der Waals surface area contributed by atoms with Crippen LogP contribution in [0.2, 0.25) is 0 Å². The third-order valence-electron chi connectivity index (χ3n) is 2.18. The number of esters is 1. The number of nitrogens with one attached hydrogen (secondary N) is 3. The molecule has 0 aromatic carbocycles. The molecule has 1 heterocycles. The molecule has 0 fully saturated rings. The molecule has 1 aromatic rings. The van der Waals surface area contributed by atoms with E-state index in [0.717, 1.165) is 6.07 Å². The van der Waals surface area contributed by atoms with E-state index in [1.165, 1.54) is 6.92 Å². The highest BCUT2D eigenvalue weighted by atomic mass is 16.5. The van der Waals surface area contributed by atoms with Gasteiger partial charge in [-0.2, -0.15) is 0 Å². The quantitative estimate of drug-likeness (QED) is 0.572. The number of aromatic nitrogens is 2. The largest absolute Gasteiger partial charge is 0.464 e. The van der Waals surface area contributed by atoms with Gasteiger partial charge in [0.2, 0.25) is 5.91 Å². The van der Waals surface area contributed by atoms with Crippen molar-refractivity contribution in [2.45, 2.75) is 26.3 Å². The summed E-state index contributed by atoms with van der Waals surface area (Å²) >= 11 is 0. The van der Waals surface area contributed by atoms with Gasteiger partial charge in [0.1, 0.15) is 6.04 Å². The second kappa shape index (κ2) is 6.53. The van der Waals surface area contributed by atoms with Gasteiger partial charge in [0.05, 0.1) is 13.0 Å². The number of carbonyl (C=O) groups excluding carboxylic acids is 2. The molecule has 0 spiro atoms. The van der Waals surface area contributed by atoms with Crippen LogP contribution < -0.4 is 16.6 Å². The minimum atomic E-state index is -0.791. The number of H-pyrrole nitrogens is 2. The minimum Gasteiger partial charge on any atom is -0.464 e. The molecule has 0 aliphatic heterocycles. The summed E-state index contributed by atoms with van der Waals surface area (Å²) in [6.45, 7) is 3.37. The maximum absolute atomic E-state index is 11.6. The van der Waals surface area contributed by atoms with Crippen LogP contribution in [0.15, 0.2) is 15.7 Å². The Morgan fingerprint density at radius 1 is 1.37 bits per heavy atom. The van der Waals surface area contributed by atoms with E-state index >= 15 is 0 Å². The van der Waals surface area contributed by atoms with Crippen LogP contribution in [0.5, 0.6) is 0 Å². The predicted molar refractivity (Wildman–Crippen MR) is 65.6 cm³/mol. The van der Waals surface area contributed by atoms with Crippen LogP contribution in [0, 0.1) is 0 Å². The zero-order valence-electron chi connectivity index (χ0n) is 10.6. The van der Waals surface area contributed by atoms with Crippen LogP contribution in [0.1, 0.15) is 19.5 Å². The molecular weight excluding hydrogens is 254 g/mol. The fourth-order valence-electron chi connectivity index (χ4n) is 1.41. The van der Waals surface area contributed by atoms with Gasteiger partial charge >= 0.3 is 11.7 Å². The number of carbonyl (C=O) groups is 2. The lowest BCUT2D eigenvalue weighted by Gasteiger charge is -2.12. The minimum absolute atomic E-state index is 0.169. The van der Waals surface area contributed by atoms with Crippen LogP contribution >= 0.6 is 0 Å². The molecule has 0 radical (unpaired) electrons. The topological polar surface area (TPSA) is 121 Å². The molecule has 0 aliphatic carbocycles. The average Bonchev–Trinajstić information content (AvgIpc) is 2.27. The molecule has 1 unspecified atom stereocenters. The maximum Gasteiger partial charge on any atom is 0.328 e. The number of hydrogen-bond donors (Lipinski definition) is 3. The van der Waals surface area contributed by atoms with Crippen molar-refractivity contribution < 1.29 is 14.3 Å². The Hall–Kier alpha value is -2.38. The van der Waals surface area contributed by atoms with Gasteiger partial charge in [-0.25, -0.2) is 9.59 Å². The summed E-state index contributed by atoms with van der Waals surface area (Å²) < 4.78 is 4.73. The van der Waals surface area contributed by atoms with Gasteiger partial charge in [-0.1, -0.05) is 0 Å². The van der Waals surface area contributed by atoms with Crippen LogP contribution in [0.25, 0.3) is 0 Å². The number of aromatic amines is 2. The van der Waals surface area contributed by atoms with Crippen LogP contribution in [0.4, 0.5) is 0 Å². The van der Waals surface area contributed by atoms with E-state index in [-0.39, 0.29) is 18.7 Å². The molecule has 0 bridgehead atoms. The second-order valence-corrected chi connectivity index (χ2v) is 3.83. The van der Waals surface area contributed by atoms with E-state index in [2.05, 4.69) is 10.3 Å². The fraction of sp³-hybridized carbons (Fsp3) is 0.455. The summed E-state index contributed by atoms with van der Waals surface area (Å²) in [5.41, 5.74) is -1.11. The van der Waals surface area contributed by atoms with Gasteiger partial charge in [-0.3, -0.25) is 14.6 Å². The Morgan fingerprint density at radius 2 is 2.05 bits per heavy atom. The third kappa shape index (κ3) is 4.78. The van der Waals surface area contributed by atoms with E-state index in [4.69, 9.17) is 4.74 Å². The Morgan fingerprint density at radius 3 is 2.63 bits per heavy atom. The summed E-state index contributed by atoms with van der Waals surface area (Å²) in [6.07, 6.45) is -0.205. The van der Waals surface area contributed by atoms with Gasteiger partial charge < -0.3 is 15.0 Å².